The maximum absolute atomic E-state index is 12.6. The highest BCUT2D eigenvalue weighted by atomic mass is 19.4. The number of hydrogen-bond acceptors (Lipinski definition) is 3. The van der Waals surface area contributed by atoms with Gasteiger partial charge in [0, 0.05) is 6.92 Å². The van der Waals surface area contributed by atoms with Crippen molar-refractivity contribution >= 4 is 5.97 Å². The van der Waals surface area contributed by atoms with Crippen molar-refractivity contribution in [2.75, 3.05) is 0 Å². The molecule has 0 unspecified atom stereocenters. The summed E-state index contributed by atoms with van der Waals surface area (Å²) in [6.07, 6.45) is -8.00. The van der Waals surface area contributed by atoms with E-state index >= 15 is 0 Å². The molecule has 2 atom stereocenters. The van der Waals surface area contributed by atoms with E-state index < -0.39 is 30.5 Å². The molecular formula is C17H28F6O3. The summed E-state index contributed by atoms with van der Waals surface area (Å²) < 4.78 is 78.3. The Labute approximate surface area is 150 Å². The van der Waals surface area contributed by atoms with Crippen LogP contribution in [-0.2, 0) is 9.53 Å². The Morgan fingerprint density at radius 3 is 1.50 bits per heavy atom. The van der Waals surface area contributed by atoms with E-state index in [9.17, 15) is 31.1 Å². The van der Waals surface area contributed by atoms with Gasteiger partial charge in [-0.3, -0.25) is 4.79 Å². The monoisotopic (exact) mass is 394 g/mol. The highest BCUT2D eigenvalue weighted by Crippen LogP contribution is 2.27. The van der Waals surface area contributed by atoms with Crippen LogP contribution in [0.1, 0.15) is 77.6 Å². The summed E-state index contributed by atoms with van der Waals surface area (Å²) in [5.41, 5.74) is 0. The second-order valence-electron chi connectivity index (χ2n) is 6.46. The van der Waals surface area contributed by atoms with Crippen LogP contribution in [0.15, 0.2) is 0 Å². The summed E-state index contributed by atoms with van der Waals surface area (Å²) in [4.78, 5) is 10.7. The normalized spacial score (nSPS) is 14.9. The topological polar surface area (TPSA) is 46.5 Å². The van der Waals surface area contributed by atoms with Gasteiger partial charge in [-0.2, -0.15) is 26.3 Å². The van der Waals surface area contributed by atoms with E-state index in [0.29, 0.717) is 25.7 Å². The largest absolute Gasteiger partial charge is 0.453 e. The standard InChI is InChI=1S/C17H28F6O3/c1-13(24)26-15(17(21,22)23)12-10-8-6-4-2-3-5-7-9-11-14(25)16(18,19)20/h14-15,25H,2-12H2,1H3/t14-,15+/m0/s1. The summed E-state index contributed by atoms with van der Waals surface area (Å²) in [7, 11) is 0. The summed E-state index contributed by atoms with van der Waals surface area (Å²) in [6, 6.07) is 0. The highest BCUT2D eigenvalue weighted by molar-refractivity contribution is 5.66. The Kier molecular flexibility index (Phi) is 11.9. The quantitative estimate of drug-likeness (QED) is 0.248. The average molecular weight is 394 g/mol. The van der Waals surface area contributed by atoms with Gasteiger partial charge in [0.05, 0.1) is 0 Å². The number of esters is 1. The molecule has 0 fully saturated rings. The molecule has 26 heavy (non-hydrogen) atoms. The zero-order chi connectivity index (χ0) is 20.2. The smallest absolute Gasteiger partial charge is 0.425 e. The molecule has 9 heteroatoms. The lowest BCUT2D eigenvalue weighted by Crippen LogP contribution is -2.33. The Morgan fingerprint density at radius 2 is 1.15 bits per heavy atom. The van der Waals surface area contributed by atoms with Crippen molar-refractivity contribution in [3.05, 3.63) is 0 Å². The van der Waals surface area contributed by atoms with Crippen molar-refractivity contribution in [3.8, 4) is 0 Å². The first kappa shape index (κ1) is 25.0. The average Bonchev–Trinajstić information content (AvgIpc) is 2.48. The maximum Gasteiger partial charge on any atom is 0.425 e. The van der Waals surface area contributed by atoms with Gasteiger partial charge in [-0.05, 0) is 19.3 Å². The highest BCUT2D eigenvalue weighted by Gasteiger charge is 2.41. The number of rotatable bonds is 13. The predicted octanol–water partition coefficient (Wildman–Crippen LogP) is 5.69. The van der Waals surface area contributed by atoms with Crippen LogP contribution in [0.3, 0.4) is 0 Å². The number of hydrogen-bond donors (Lipinski definition) is 1. The molecule has 0 saturated heterocycles. The van der Waals surface area contributed by atoms with E-state index in [0.717, 1.165) is 39.0 Å². The van der Waals surface area contributed by atoms with E-state index in [4.69, 9.17) is 5.11 Å². The van der Waals surface area contributed by atoms with E-state index in [1.165, 1.54) is 0 Å². The third-order valence-corrected chi connectivity index (χ3v) is 4.00. The summed E-state index contributed by atoms with van der Waals surface area (Å²) in [5.74, 6) is -0.949. The maximum atomic E-state index is 12.6. The van der Waals surface area contributed by atoms with Gasteiger partial charge in [-0.1, -0.05) is 51.4 Å². The van der Waals surface area contributed by atoms with Crippen molar-refractivity contribution in [2.45, 2.75) is 102 Å². The number of aliphatic hydroxyl groups is 1. The lowest BCUT2D eigenvalue weighted by Gasteiger charge is -2.19. The first-order valence-corrected chi connectivity index (χ1v) is 8.93. The van der Waals surface area contributed by atoms with Crippen LogP contribution in [0.5, 0.6) is 0 Å². The summed E-state index contributed by atoms with van der Waals surface area (Å²) in [5, 5.41) is 8.82. The predicted molar refractivity (Wildman–Crippen MR) is 84.5 cm³/mol. The third-order valence-electron chi connectivity index (χ3n) is 4.00. The minimum Gasteiger partial charge on any atom is -0.453 e. The van der Waals surface area contributed by atoms with Gasteiger partial charge >= 0.3 is 18.3 Å². The molecule has 0 aliphatic rings. The first-order valence-electron chi connectivity index (χ1n) is 8.93. The third kappa shape index (κ3) is 13.2. The zero-order valence-corrected chi connectivity index (χ0v) is 15.0. The molecule has 0 rings (SSSR count). The number of halogens is 6. The number of ether oxygens (including phenoxy) is 1. The zero-order valence-electron chi connectivity index (χ0n) is 15.0. The molecule has 0 aliphatic carbocycles. The van der Waals surface area contributed by atoms with Gasteiger partial charge < -0.3 is 9.84 Å². The second kappa shape index (κ2) is 12.4. The van der Waals surface area contributed by atoms with E-state index in [-0.39, 0.29) is 12.8 Å². The molecule has 0 aromatic rings. The SMILES string of the molecule is CC(=O)O[C@H](CCCCCCCCCCC[C@H](O)C(F)(F)F)C(F)(F)F. The fourth-order valence-electron chi connectivity index (χ4n) is 2.56. The van der Waals surface area contributed by atoms with Gasteiger partial charge in [0.1, 0.15) is 6.10 Å². The van der Waals surface area contributed by atoms with Gasteiger partial charge in [-0.25, -0.2) is 0 Å². The van der Waals surface area contributed by atoms with Crippen LogP contribution in [0, 0.1) is 0 Å². The lowest BCUT2D eigenvalue weighted by atomic mass is 10.0. The second-order valence-corrected chi connectivity index (χ2v) is 6.46. The van der Waals surface area contributed by atoms with E-state index in [1.54, 1.807) is 0 Å². The minimum atomic E-state index is -4.55. The fourth-order valence-corrected chi connectivity index (χ4v) is 2.56. The van der Waals surface area contributed by atoms with Crippen molar-refractivity contribution < 1.29 is 41.0 Å². The van der Waals surface area contributed by atoms with Crippen LogP contribution >= 0.6 is 0 Å². The molecule has 0 bridgehead atoms. The number of alkyl halides is 6. The van der Waals surface area contributed by atoms with Gasteiger partial charge in [0.15, 0.2) is 6.10 Å². The van der Waals surface area contributed by atoms with Gasteiger partial charge in [-0.15, -0.1) is 0 Å². The fraction of sp³-hybridized carbons (Fsp3) is 0.941. The van der Waals surface area contributed by atoms with Crippen LogP contribution in [0.2, 0.25) is 0 Å². The molecule has 156 valence electrons. The van der Waals surface area contributed by atoms with Crippen LogP contribution in [-0.4, -0.2) is 35.6 Å². The number of unbranched alkanes of at least 4 members (excludes halogenated alkanes) is 8. The van der Waals surface area contributed by atoms with Gasteiger partial charge in [0.25, 0.3) is 0 Å². The molecule has 0 spiro atoms. The molecule has 0 radical (unpaired) electrons. The summed E-state index contributed by atoms with van der Waals surface area (Å²) >= 11 is 0. The molecule has 0 heterocycles. The van der Waals surface area contributed by atoms with Gasteiger partial charge in [0.2, 0.25) is 0 Å². The molecular weight excluding hydrogens is 366 g/mol. The van der Waals surface area contributed by atoms with Crippen LogP contribution < -0.4 is 0 Å². The Balaban J connectivity index is 3.57. The molecule has 0 saturated carbocycles. The van der Waals surface area contributed by atoms with Crippen molar-refractivity contribution in [2.24, 2.45) is 0 Å². The van der Waals surface area contributed by atoms with Crippen LogP contribution in [0.4, 0.5) is 26.3 Å². The van der Waals surface area contributed by atoms with Crippen LogP contribution in [0.25, 0.3) is 0 Å². The van der Waals surface area contributed by atoms with Crippen molar-refractivity contribution in [3.63, 3.8) is 0 Å². The minimum absolute atomic E-state index is 0.245. The molecule has 0 amide bonds. The molecule has 0 aromatic carbocycles. The van der Waals surface area contributed by atoms with Crippen molar-refractivity contribution in [1.82, 2.24) is 0 Å². The number of carbonyl (C=O) groups excluding carboxylic acids is 1. The molecule has 0 aliphatic heterocycles. The molecule has 3 nitrogen and oxygen atoms in total. The number of aliphatic hydroxyl groups excluding tert-OH is 1. The first-order chi connectivity index (χ1) is 11.9. The summed E-state index contributed by atoms with van der Waals surface area (Å²) in [6.45, 7) is 0.947. The Morgan fingerprint density at radius 1 is 0.769 bits per heavy atom. The molecule has 0 aromatic heterocycles. The van der Waals surface area contributed by atoms with E-state index in [1.807, 2.05) is 0 Å². The number of carbonyl (C=O) groups is 1. The van der Waals surface area contributed by atoms with Crippen molar-refractivity contribution in [1.29, 1.82) is 0 Å². The lowest BCUT2D eigenvalue weighted by molar-refractivity contribution is -0.221. The molecule has 1 N–H and O–H groups in total. The Hall–Kier alpha value is -0.990. The van der Waals surface area contributed by atoms with E-state index in [2.05, 4.69) is 4.74 Å². The Bertz CT molecular complexity index is 382.